The molecule has 1 amide bonds. The van der Waals surface area contributed by atoms with Crippen molar-refractivity contribution in [1.82, 2.24) is 15.3 Å². The number of amides is 1. The highest BCUT2D eigenvalue weighted by Crippen LogP contribution is 2.21. The molecule has 2 aromatic rings. The Morgan fingerprint density at radius 3 is 2.95 bits per heavy atom. The van der Waals surface area contributed by atoms with E-state index in [4.69, 9.17) is 10.5 Å². The van der Waals surface area contributed by atoms with E-state index in [-0.39, 0.29) is 11.2 Å². The molecule has 0 saturated carbocycles. The quantitative estimate of drug-likeness (QED) is 0.753. The maximum absolute atomic E-state index is 11.9. The summed E-state index contributed by atoms with van der Waals surface area (Å²) in [6, 6.07) is 7.62. The van der Waals surface area contributed by atoms with Crippen molar-refractivity contribution in [2.45, 2.75) is 17.9 Å². The van der Waals surface area contributed by atoms with Gasteiger partial charge in [-0.05, 0) is 19.1 Å². The number of methoxy groups -OCH3 is 1. The number of carbonyl (C=O) groups excluding carboxylic acids is 1. The number of nitrogens with one attached hydrogen (secondary N) is 1. The van der Waals surface area contributed by atoms with Crippen molar-refractivity contribution in [3.8, 4) is 0 Å². The van der Waals surface area contributed by atoms with Gasteiger partial charge in [-0.25, -0.2) is 9.97 Å². The molecule has 0 aliphatic rings. The molecule has 0 saturated heterocycles. The summed E-state index contributed by atoms with van der Waals surface area (Å²) in [5.74, 6) is 1.63. The van der Waals surface area contributed by atoms with Crippen LogP contribution in [0.4, 0.5) is 5.82 Å². The second-order valence-electron chi connectivity index (χ2n) is 4.78. The number of anilines is 1. The third kappa shape index (κ3) is 4.32. The van der Waals surface area contributed by atoms with E-state index < -0.39 is 0 Å². The van der Waals surface area contributed by atoms with Crippen molar-refractivity contribution >= 4 is 34.4 Å². The van der Waals surface area contributed by atoms with Crippen molar-refractivity contribution in [2.75, 3.05) is 26.0 Å². The lowest BCUT2D eigenvalue weighted by Crippen LogP contribution is -2.33. The average molecular weight is 320 g/mol. The van der Waals surface area contributed by atoms with Crippen molar-refractivity contribution in [2.24, 2.45) is 0 Å². The molecule has 7 heteroatoms. The maximum Gasteiger partial charge on any atom is 0.232 e. The van der Waals surface area contributed by atoms with Gasteiger partial charge in [0.1, 0.15) is 11.6 Å². The molecule has 1 heterocycles. The Kier molecular flexibility index (Phi) is 5.97. The van der Waals surface area contributed by atoms with Crippen LogP contribution < -0.4 is 11.1 Å². The molecule has 22 heavy (non-hydrogen) atoms. The summed E-state index contributed by atoms with van der Waals surface area (Å²) >= 11 is 1.48. The summed E-state index contributed by atoms with van der Waals surface area (Å²) in [7, 11) is 1.60. The van der Waals surface area contributed by atoms with Crippen LogP contribution in [0.1, 0.15) is 12.7 Å². The number of hydrogen-bond acceptors (Lipinski definition) is 6. The second kappa shape index (κ2) is 7.95. The van der Waals surface area contributed by atoms with Gasteiger partial charge in [0.15, 0.2) is 0 Å². The second-order valence-corrected chi connectivity index (χ2v) is 6.11. The lowest BCUT2D eigenvalue weighted by atomic mass is 10.2. The van der Waals surface area contributed by atoms with Crippen molar-refractivity contribution in [3.05, 3.63) is 30.1 Å². The molecule has 0 aliphatic carbocycles. The monoisotopic (exact) mass is 320 g/mol. The first-order chi connectivity index (χ1) is 10.6. The Morgan fingerprint density at radius 1 is 1.41 bits per heavy atom. The molecular weight excluding hydrogens is 300 g/mol. The Labute approximate surface area is 133 Å². The van der Waals surface area contributed by atoms with Gasteiger partial charge in [-0.15, -0.1) is 11.8 Å². The van der Waals surface area contributed by atoms with Crippen molar-refractivity contribution < 1.29 is 9.53 Å². The molecule has 1 aromatic heterocycles. The van der Waals surface area contributed by atoms with Crippen LogP contribution in [0.3, 0.4) is 0 Å². The van der Waals surface area contributed by atoms with Gasteiger partial charge in [-0.3, -0.25) is 4.79 Å². The SMILES string of the molecule is COCCNC(=O)[C@@H](C)SCc1nc(N)c2ccccc2n1. The molecule has 0 fully saturated rings. The van der Waals surface area contributed by atoms with Crippen LogP contribution in [0.5, 0.6) is 0 Å². The molecule has 0 bridgehead atoms. The third-order valence-electron chi connectivity index (χ3n) is 3.12. The number of thioether (sulfide) groups is 1. The Bertz CT molecular complexity index is 650. The fourth-order valence-electron chi connectivity index (χ4n) is 1.91. The number of nitrogen functional groups attached to an aromatic ring is 1. The highest BCUT2D eigenvalue weighted by atomic mass is 32.2. The average Bonchev–Trinajstić information content (AvgIpc) is 2.52. The summed E-state index contributed by atoms with van der Waals surface area (Å²) in [6.07, 6.45) is 0. The predicted molar refractivity (Wildman–Crippen MR) is 89.6 cm³/mol. The van der Waals surface area contributed by atoms with E-state index in [0.29, 0.717) is 30.5 Å². The zero-order chi connectivity index (χ0) is 15.9. The van der Waals surface area contributed by atoms with Gasteiger partial charge in [0.05, 0.1) is 23.1 Å². The van der Waals surface area contributed by atoms with Crippen LogP contribution in [0.25, 0.3) is 10.9 Å². The van der Waals surface area contributed by atoms with E-state index >= 15 is 0 Å². The number of carbonyl (C=O) groups is 1. The van der Waals surface area contributed by atoms with Crippen LogP contribution in [0.15, 0.2) is 24.3 Å². The highest BCUT2D eigenvalue weighted by molar-refractivity contribution is 7.99. The first-order valence-corrected chi connectivity index (χ1v) is 8.06. The van der Waals surface area contributed by atoms with E-state index in [1.54, 1.807) is 7.11 Å². The molecule has 1 aromatic carbocycles. The summed E-state index contributed by atoms with van der Waals surface area (Å²) in [5, 5.41) is 3.47. The molecule has 0 aliphatic heterocycles. The van der Waals surface area contributed by atoms with Crippen LogP contribution in [-0.4, -0.2) is 41.4 Å². The normalized spacial score (nSPS) is 12.3. The van der Waals surface area contributed by atoms with Crippen molar-refractivity contribution in [3.63, 3.8) is 0 Å². The molecule has 0 spiro atoms. The molecule has 6 nitrogen and oxygen atoms in total. The zero-order valence-electron chi connectivity index (χ0n) is 12.7. The van der Waals surface area contributed by atoms with E-state index in [0.717, 1.165) is 10.9 Å². The molecule has 0 radical (unpaired) electrons. The van der Waals surface area contributed by atoms with Crippen LogP contribution in [-0.2, 0) is 15.3 Å². The fraction of sp³-hybridized carbons (Fsp3) is 0.400. The van der Waals surface area contributed by atoms with Gasteiger partial charge in [0.2, 0.25) is 5.91 Å². The summed E-state index contributed by atoms with van der Waals surface area (Å²) < 4.78 is 4.90. The van der Waals surface area contributed by atoms with Crippen LogP contribution in [0.2, 0.25) is 0 Å². The van der Waals surface area contributed by atoms with Gasteiger partial charge in [0.25, 0.3) is 0 Å². The first kappa shape index (κ1) is 16.5. The topological polar surface area (TPSA) is 90.1 Å². The summed E-state index contributed by atoms with van der Waals surface area (Å²) in [5.41, 5.74) is 6.77. The summed E-state index contributed by atoms with van der Waals surface area (Å²) in [6.45, 7) is 2.88. The highest BCUT2D eigenvalue weighted by Gasteiger charge is 2.14. The number of para-hydroxylation sites is 1. The number of nitrogens with two attached hydrogens (primary N) is 1. The number of nitrogens with zero attached hydrogens (tertiary/aromatic N) is 2. The van der Waals surface area contributed by atoms with E-state index in [9.17, 15) is 4.79 Å². The van der Waals surface area contributed by atoms with Gasteiger partial charge in [0, 0.05) is 19.0 Å². The minimum Gasteiger partial charge on any atom is -0.383 e. The lowest BCUT2D eigenvalue weighted by Gasteiger charge is -2.11. The fourth-order valence-corrected chi connectivity index (χ4v) is 2.67. The Balaban J connectivity index is 1.95. The number of fused-ring (bicyclic) bond motifs is 1. The molecule has 0 unspecified atom stereocenters. The first-order valence-electron chi connectivity index (χ1n) is 7.01. The molecule has 1 atom stereocenters. The lowest BCUT2D eigenvalue weighted by molar-refractivity contribution is -0.120. The summed E-state index contributed by atoms with van der Waals surface area (Å²) in [4.78, 5) is 20.6. The van der Waals surface area contributed by atoms with E-state index in [1.165, 1.54) is 11.8 Å². The molecule has 3 N–H and O–H groups in total. The van der Waals surface area contributed by atoms with Crippen LogP contribution in [0, 0.1) is 0 Å². The minimum absolute atomic E-state index is 0.0178. The molecule has 2 rings (SSSR count). The molecular formula is C15H20N4O2S. The standard InChI is InChI=1S/C15H20N4O2S/c1-10(15(20)17-7-8-21-2)22-9-13-18-12-6-4-3-5-11(12)14(16)19-13/h3-6,10H,7-9H2,1-2H3,(H,17,20)(H2,16,18,19)/t10-/m1/s1. The minimum atomic E-state index is -0.187. The number of aromatic nitrogens is 2. The van der Waals surface area contributed by atoms with E-state index in [2.05, 4.69) is 15.3 Å². The number of ether oxygens (including phenoxy) is 1. The zero-order valence-corrected chi connectivity index (χ0v) is 13.5. The number of rotatable bonds is 7. The van der Waals surface area contributed by atoms with Crippen molar-refractivity contribution in [1.29, 1.82) is 0 Å². The van der Waals surface area contributed by atoms with Crippen LogP contribution >= 0.6 is 11.8 Å². The Hall–Kier alpha value is -1.86. The molecule has 118 valence electrons. The van der Waals surface area contributed by atoms with Gasteiger partial charge < -0.3 is 15.8 Å². The Morgan fingerprint density at radius 2 is 2.18 bits per heavy atom. The third-order valence-corrected chi connectivity index (χ3v) is 4.26. The number of hydrogen-bond donors (Lipinski definition) is 2. The largest absolute Gasteiger partial charge is 0.383 e. The van der Waals surface area contributed by atoms with Gasteiger partial charge in [-0.1, -0.05) is 12.1 Å². The smallest absolute Gasteiger partial charge is 0.232 e. The number of benzene rings is 1. The van der Waals surface area contributed by atoms with Gasteiger partial charge in [-0.2, -0.15) is 0 Å². The maximum atomic E-state index is 11.9. The van der Waals surface area contributed by atoms with Gasteiger partial charge >= 0.3 is 0 Å². The van der Waals surface area contributed by atoms with E-state index in [1.807, 2.05) is 31.2 Å². The predicted octanol–water partition coefficient (Wildman–Crippen LogP) is 1.60.